The van der Waals surface area contributed by atoms with Crippen LogP contribution >= 0.6 is 0 Å². The summed E-state index contributed by atoms with van der Waals surface area (Å²) in [6.07, 6.45) is 0. The van der Waals surface area contributed by atoms with E-state index in [2.05, 4.69) is 27.4 Å². The van der Waals surface area contributed by atoms with Crippen molar-refractivity contribution in [1.29, 1.82) is 0 Å². The highest BCUT2D eigenvalue weighted by atomic mass is 32.2. The molecule has 2 amide bonds. The Morgan fingerprint density at radius 1 is 0.952 bits per heavy atom. The molecule has 0 radical (unpaired) electrons. The Balaban J connectivity index is 1.27. The third-order valence-electron chi connectivity index (χ3n) is 7.11. The minimum absolute atomic E-state index is 0.0283. The highest BCUT2D eigenvalue weighted by Crippen LogP contribution is 2.30. The molecule has 0 saturated heterocycles. The van der Waals surface area contributed by atoms with Crippen LogP contribution in [-0.4, -0.2) is 36.6 Å². The first-order valence-corrected chi connectivity index (χ1v) is 14.7. The fourth-order valence-electron chi connectivity index (χ4n) is 4.98. The molecule has 0 fully saturated rings. The van der Waals surface area contributed by atoms with E-state index in [1.165, 1.54) is 12.1 Å². The topological polar surface area (TPSA) is 113 Å². The zero-order valence-electron chi connectivity index (χ0n) is 23.2. The fraction of sp³-hybridized carbons (Fsp3) is 0.233. The van der Waals surface area contributed by atoms with Gasteiger partial charge in [0.1, 0.15) is 11.4 Å². The summed E-state index contributed by atoms with van der Waals surface area (Å²) in [4.78, 5) is 27.6. The molecule has 0 saturated carbocycles. The Hall–Kier alpha value is -4.58. The number of anilines is 1. The quantitative estimate of drug-likeness (QED) is 0.313. The number of carbonyl (C=O) groups excluding carboxylic acids is 2. The average molecular weight is 594 g/mol. The molecule has 1 aromatic heterocycles. The molecule has 5 rings (SSSR count). The third-order valence-corrected chi connectivity index (χ3v) is 8.44. The second-order valence-corrected chi connectivity index (χ2v) is 11.9. The van der Waals surface area contributed by atoms with E-state index < -0.39 is 38.5 Å². The Kier molecular flexibility index (Phi) is 7.83. The Bertz CT molecular complexity index is 1790. The number of amides is 2. The smallest absolute Gasteiger partial charge is 0.264 e. The highest BCUT2D eigenvalue weighted by Gasteiger charge is 2.31. The van der Waals surface area contributed by atoms with Crippen LogP contribution in [0.4, 0.5) is 14.6 Å². The molecule has 42 heavy (non-hydrogen) atoms. The van der Waals surface area contributed by atoms with Crippen molar-refractivity contribution in [2.45, 2.75) is 44.8 Å². The lowest BCUT2D eigenvalue weighted by Crippen LogP contribution is -2.31. The summed E-state index contributed by atoms with van der Waals surface area (Å²) >= 11 is 0. The van der Waals surface area contributed by atoms with Gasteiger partial charge in [0.25, 0.3) is 21.8 Å². The highest BCUT2D eigenvalue weighted by molar-refractivity contribution is 7.90. The minimum atomic E-state index is -4.43. The summed E-state index contributed by atoms with van der Waals surface area (Å²) in [7, 11) is -4.43. The van der Waals surface area contributed by atoms with Crippen LogP contribution in [0.15, 0.2) is 71.6 Å². The molecule has 12 heteroatoms. The number of benzene rings is 3. The van der Waals surface area contributed by atoms with Gasteiger partial charge in [-0.3, -0.25) is 9.59 Å². The number of fused-ring (bicyclic) bond motifs is 1. The summed E-state index contributed by atoms with van der Waals surface area (Å²) in [5.41, 5.74) is 4.14. The maximum Gasteiger partial charge on any atom is 0.264 e. The van der Waals surface area contributed by atoms with E-state index in [1.807, 2.05) is 28.5 Å². The maximum atomic E-state index is 13.5. The molecule has 2 heterocycles. The van der Waals surface area contributed by atoms with Crippen molar-refractivity contribution in [1.82, 2.24) is 19.8 Å². The first-order valence-electron chi connectivity index (χ1n) is 13.2. The molecule has 0 spiro atoms. The predicted molar refractivity (Wildman–Crippen MR) is 153 cm³/mol. The van der Waals surface area contributed by atoms with Gasteiger partial charge in [0, 0.05) is 18.7 Å². The van der Waals surface area contributed by atoms with Gasteiger partial charge in [0.2, 0.25) is 0 Å². The zero-order valence-corrected chi connectivity index (χ0v) is 24.0. The van der Waals surface area contributed by atoms with Crippen LogP contribution in [-0.2, 0) is 23.1 Å². The van der Waals surface area contributed by atoms with Crippen LogP contribution in [0.25, 0.3) is 0 Å². The number of rotatable bonds is 8. The summed E-state index contributed by atoms with van der Waals surface area (Å²) in [6.45, 7) is 7.71. The van der Waals surface area contributed by atoms with Crippen LogP contribution in [0.1, 0.15) is 56.1 Å². The van der Waals surface area contributed by atoms with E-state index in [-0.39, 0.29) is 11.5 Å². The van der Waals surface area contributed by atoms with Crippen molar-refractivity contribution >= 4 is 27.7 Å². The zero-order chi connectivity index (χ0) is 30.2. The number of sulfonamides is 1. The van der Waals surface area contributed by atoms with Gasteiger partial charge < -0.3 is 10.2 Å². The fourth-order valence-corrected chi connectivity index (χ4v) is 5.96. The van der Waals surface area contributed by atoms with Crippen molar-refractivity contribution in [3.05, 3.63) is 112 Å². The van der Waals surface area contributed by atoms with Crippen molar-refractivity contribution in [2.75, 3.05) is 11.4 Å². The lowest BCUT2D eigenvalue weighted by Gasteiger charge is -2.20. The number of nitrogens with zero attached hydrogens (tertiary/aromatic N) is 3. The van der Waals surface area contributed by atoms with Gasteiger partial charge >= 0.3 is 0 Å². The van der Waals surface area contributed by atoms with Gasteiger partial charge in [0.05, 0.1) is 23.2 Å². The van der Waals surface area contributed by atoms with Crippen molar-refractivity contribution in [2.24, 2.45) is 0 Å². The van der Waals surface area contributed by atoms with Gasteiger partial charge in [-0.1, -0.05) is 42.0 Å². The summed E-state index contributed by atoms with van der Waals surface area (Å²) in [5.74, 6) is -3.00. The molecule has 3 aromatic carbocycles. The molecule has 4 aromatic rings. The van der Waals surface area contributed by atoms with Crippen molar-refractivity contribution < 1.29 is 26.8 Å². The molecule has 0 unspecified atom stereocenters. The number of hydrogen-bond acceptors (Lipinski definition) is 6. The molecule has 0 aliphatic carbocycles. The van der Waals surface area contributed by atoms with Crippen LogP contribution in [0, 0.1) is 25.5 Å². The maximum absolute atomic E-state index is 13.5. The van der Waals surface area contributed by atoms with E-state index in [0.717, 1.165) is 29.6 Å². The Morgan fingerprint density at radius 3 is 2.38 bits per heavy atom. The molecule has 0 bridgehead atoms. The molecule has 2 N–H and O–H groups in total. The van der Waals surface area contributed by atoms with Crippen LogP contribution in [0.2, 0.25) is 0 Å². The minimum Gasteiger partial charge on any atom is -0.350 e. The monoisotopic (exact) mass is 593 g/mol. The van der Waals surface area contributed by atoms with E-state index in [0.29, 0.717) is 42.0 Å². The summed E-state index contributed by atoms with van der Waals surface area (Å²) < 4.78 is 55.3. The van der Waals surface area contributed by atoms with Crippen molar-refractivity contribution in [3.8, 4) is 0 Å². The predicted octanol–water partition coefficient (Wildman–Crippen LogP) is 4.41. The van der Waals surface area contributed by atoms with E-state index in [1.54, 1.807) is 26.0 Å². The average Bonchev–Trinajstić information content (AvgIpc) is 3.47. The second-order valence-electron chi connectivity index (χ2n) is 10.2. The van der Waals surface area contributed by atoms with E-state index >= 15 is 0 Å². The molecule has 218 valence electrons. The molecular formula is C30H29F2N5O4S. The molecular weight excluding hydrogens is 564 g/mol. The molecule has 1 atom stereocenters. The van der Waals surface area contributed by atoms with E-state index in [4.69, 9.17) is 0 Å². The number of aromatic nitrogens is 2. The third kappa shape index (κ3) is 5.89. The van der Waals surface area contributed by atoms with Crippen LogP contribution in [0.5, 0.6) is 0 Å². The van der Waals surface area contributed by atoms with Gasteiger partial charge in [0.15, 0.2) is 11.6 Å². The lowest BCUT2D eigenvalue weighted by atomic mass is 10.1. The number of nitrogens with one attached hydrogen (secondary N) is 2. The summed E-state index contributed by atoms with van der Waals surface area (Å²) in [5, 5.41) is 7.57. The van der Waals surface area contributed by atoms with Crippen LogP contribution < -0.4 is 14.9 Å². The van der Waals surface area contributed by atoms with Gasteiger partial charge in [-0.05, 0) is 62.2 Å². The molecule has 9 nitrogen and oxygen atoms in total. The van der Waals surface area contributed by atoms with Gasteiger partial charge in [-0.15, -0.1) is 0 Å². The van der Waals surface area contributed by atoms with Gasteiger partial charge in [-0.2, -0.15) is 5.10 Å². The molecule has 1 aliphatic heterocycles. The SMILES string of the molecule is Cc1cccc(CN2CCn3nc(C)c(C(=O)N[C@@H](C)c4ccc(C(=O)NS(=O)(=O)c5ccc(F)c(F)c5)cc4)c32)c1. The number of halogens is 2. The first-order chi connectivity index (χ1) is 19.9. The Morgan fingerprint density at radius 2 is 1.69 bits per heavy atom. The van der Waals surface area contributed by atoms with Crippen LogP contribution in [0.3, 0.4) is 0 Å². The van der Waals surface area contributed by atoms with Crippen molar-refractivity contribution in [3.63, 3.8) is 0 Å². The Labute approximate surface area is 242 Å². The standard InChI is InChI=1S/C30H29F2N5O4S/c1-18-5-4-6-21(15-18)17-36-13-14-37-30(36)27(20(3)34-37)29(39)33-19(2)22-7-9-23(10-8-22)28(38)35-42(40,41)24-11-12-25(31)26(32)16-24/h4-12,15-16,19H,13-14,17H2,1-3H3,(H,33,39)(H,35,38)/t19-/m0/s1. The normalized spacial score (nSPS) is 13.5. The lowest BCUT2D eigenvalue weighted by molar-refractivity contribution is 0.0937. The van der Waals surface area contributed by atoms with Gasteiger partial charge in [-0.25, -0.2) is 26.6 Å². The number of aryl methyl sites for hydroxylation is 2. The number of hydrogen-bond donors (Lipinski definition) is 2. The van der Waals surface area contributed by atoms with E-state index in [9.17, 15) is 26.8 Å². The number of carbonyl (C=O) groups is 2. The summed E-state index contributed by atoms with van der Waals surface area (Å²) in [6, 6.07) is 15.9. The second kappa shape index (κ2) is 11.4. The first kappa shape index (κ1) is 28.9. The molecule has 1 aliphatic rings. The largest absolute Gasteiger partial charge is 0.350 e.